The fourth-order valence-electron chi connectivity index (χ4n) is 2.33. The van der Waals surface area contributed by atoms with Crippen molar-refractivity contribution in [1.82, 2.24) is 5.01 Å². The Morgan fingerprint density at radius 1 is 1.43 bits per heavy atom. The number of nitrogens with zero attached hydrogens (tertiary/aromatic N) is 2. The fourth-order valence-corrected chi connectivity index (χ4v) is 2.33. The molecule has 0 aliphatic carbocycles. The molecular weight excluding hydrogens is 313 g/mol. The number of phenolic OH excluding ortho intramolecular Hbond substituents is 1. The van der Waals surface area contributed by atoms with E-state index in [4.69, 9.17) is 0 Å². The summed E-state index contributed by atoms with van der Waals surface area (Å²) in [5.41, 5.74) is -3.42. The molecule has 0 spiro atoms. The third kappa shape index (κ3) is 3.31. The van der Waals surface area contributed by atoms with Crippen LogP contribution >= 0.6 is 0 Å². The summed E-state index contributed by atoms with van der Waals surface area (Å²) >= 11 is 0. The van der Waals surface area contributed by atoms with Crippen LogP contribution < -0.4 is 0 Å². The van der Waals surface area contributed by atoms with Crippen LogP contribution in [0.1, 0.15) is 43.0 Å². The van der Waals surface area contributed by atoms with Crippen LogP contribution in [0.4, 0.5) is 13.2 Å². The lowest BCUT2D eigenvalue weighted by atomic mass is 10.0. The number of aromatic hydroxyl groups is 1. The third-order valence-electron chi connectivity index (χ3n) is 3.60. The Morgan fingerprint density at radius 3 is 2.70 bits per heavy atom. The second-order valence-corrected chi connectivity index (χ2v) is 5.43. The van der Waals surface area contributed by atoms with Gasteiger partial charge in [-0.1, -0.05) is 19.4 Å². The predicted octanol–water partition coefficient (Wildman–Crippen LogP) is 3.04. The second kappa shape index (κ2) is 6.19. The summed E-state index contributed by atoms with van der Waals surface area (Å²) in [5, 5.41) is 23.2. The van der Waals surface area contributed by atoms with Crippen molar-refractivity contribution in [2.45, 2.75) is 44.5 Å². The fraction of sp³-hybridized carbons (Fsp3) is 0.467. The zero-order valence-corrected chi connectivity index (χ0v) is 12.5. The van der Waals surface area contributed by atoms with E-state index in [1.807, 2.05) is 6.92 Å². The SMILES string of the molecule is CCCCC1=NN(C(=O)c2cccc(O)c2)C(O)(C(F)(F)F)C1. The van der Waals surface area contributed by atoms with Gasteiger partial charge in [0.1, 0.15) is 5.75 Å². The van der Waals surface area contributed by atoms with E-state index in [-0.39, 0.29) is 28.5 Å². The molecule has 0 bridgehead atoms. The maximum Gasteiger partial charge on any atom is 0.438 e. The van der Waals surface area contributed by atoms with Gasteiger partial charge in [0.25, 0.3) is 11.6 Å². The number of benzene rings is 1. The molecule has 0 saturated carbocycles. The van der Waals surface area contributed by atoms with E-state index >= 15 is 0 Å². The third-order valence-corrected chi connectivity index (χ3v) is 3.60. The topological polar surface area (TPSA) is 73.1 Å². The lowest BCUT2D eigenvalue weighted by Gasteiger charge is -2.32. The van der Waals surface area contributed by atoms with E-state index in [1.54, 1.807) is 0 Å². The molecule has 126 valence electrons. The van der Waals surface area contributed by atoms with E-state index in [9.17, 15) is 28.2 Å². The molecule has 0 aromatic heterocycles. The molecule has 2 N–H and O–H groups in total. The quantitative estimate of drug-likeness (QED) is 0.891. The molecule has 1 aliphatic rings. The number of carbonyl (C=O) groups excluding carboxylic acids is 1. The van der Waals surface area contributed by atoms with Crippen molar-refractivity contribution < 1.29 is 28.2 Å². The van der Waals surface area contributed by atoms with Gasteiger partial charge in [0.2, 0.25) is 0 Å². The summed E-state index contributed by atoms with van der Waals surface area (Å²) in [5.74, 6) is -1.38. The van der Waals surface area contributed by atoms with Gasteiger partial charge >= 0.3 is 6.18 Å². The number of halogens is 3. The predicted molar refractivity (Wildman–Crippen MR) is 76.9 cm³/mol. The summed E-state index contributed by atoms with van der Waals surface area (Å²) in [4.78, 5) is 12.3. The highest BCUT2D eigenvalue weighted by atomic mass is 19.4. The maximum atomic E-state index is 13.3. The van der Waals surface area contributed by atoms with E-state index in [1.165, 1.54) is 18.2 Å². The molecule has 23 heavy (non-hydrogen) atoms. The monoisotopic (exact) mass is 330 g/mol. The van der Waals surface area contributed by atoms with Crippen molar-refractivity contribution in [3.05, 3.63) is 29.8 Å². The summed E-state index contributed by atoms with van der Waals surface area (Å²) in [6.07, 6.45) is -4.17. The molecule has 1 aliphatic heterocycles. The maximum absolute atomic E-state index is 13.3. The van der Waals surface area contributed by atoms with Crippen LogP contribution in [0.5, 0.6) is 5.75 Å². The van der Waals surface area contributed by atoms with E-state index in [2.05, 4.69) is 5.10 Å². The zero-order valence-electron chi connectivity index (χ0n) is 12.5. The number of unbranched alkanes of at least 4 members (excludes halogenated alkanes) is 1. The molecule has 1 atom stereocenters. The van der Waals surface area contributed by atoms with Gasteiger partial charge in [-0.15, -0.1) is 0 Å². The van der Waals surface area contributed by atoms with Gasteiger partial charge in [0.05, 0.1) is 0 Å². The van der Waals surface area contributed by atoms with Crippen molar-refractivity contribution in [1.29, 1.82) is 0 Å². The summed E-state index contributed by atoms with van der Waals surface area (Å²) < 4.78 is 39.8. The molecule has 1 aromatic carbocycles. The van der Waals surface area contributed by atoms with Crippen LogP contribution in [-0.2, 0) is 0 Å². The number of phenols is 1. The largest absolute Gasteiger partial charge is 0.508 e. The van der Waals surface area contributed by atoms with E-state index in [0.29, 0.717) is 6.42 Å². The first kappa shape index (κ1) is 17.3. The molecular formula is C15H17F3N2O3. The molecule has 1 amide bonds. The first-order valence-electron chi connectivity index (χ1n) is 7.18. The van der Waals surface area contributed by atoms with Gasteiger partial charge < -0.3 is 10.2 Å². The molecule has 2 rings (SSSR count). The Hall–Kier alpha value is -2.09. The Labute approximate surface area is 131 Å². The molecule has 8 heteroatoms. The summed E-state index contributed by atoms with van der Waals surface area (Å²) in [7, 11) is 0. The Kier molecular flexibility index (Phi) is 4.65. The zero-order chi connectivity index (χ0) is 17.3. The number of aliphatic hydroxyl groups is 1. The number of carbonyl (C=O) groups is 1. The molecule has 0 saturated heterocycles. The van der Waals surface area contributed by atoms with Gasteiger partial charge in [0.15, 0.2) is 0 Å². The molecule has 5 nitrogen and oxygen atoms in total. The van der Waals surface area contributed by atoms with Gasteiger partial charge in [-0.05, 0) is 31.0 Å². The van der Waals surface area contributed by atoms with Crippen molar-refractivity contribution in [2.75, 3.05) is 0 Å². The Bertz CT molecular complexity index is 631. The number of alkyl halides is 3. The minimum atomic E-state index is -5.04. The van der Waals surface area contributed by atoms with E-state index < -0.39 is 24.2 Å². The lowest BCUT2D eigenvalue weighted by Crippen LogP contribution is -2.56. The Balaban J connectivity index is 2.37. The van der Waals surface area contributed by atoms with Crippen LogP contribution in [0.25, 0.3) is 0 Å². The second-order valence-electron chi connectivity index (χ2n) is 5.43. The average molecular weight is 330 g/mol. The molecule has 0 radical (unpaired) electrons. The van der Waals surface area contributed by atoms with Crippen molar-refractivity contribution >= 4 is 11.6 Å². The van der Waals surface area contributed by atoms with Crippen molar-refractivity contribution in [3.63, 3.8) is 0 Å². The van der Waals surface area contributed by atoms with Crippen LogP contribution in [0.15, 0.2) is 29.4 Å². The average Bonchev–Trinajstić information content (AvgIpc) is 2.82. The number of amides is 1. The summed E-state index contributed by atoms with van der Waals surface area (Å²) in [6, 6.07) is 4.89. The minimum Gasteiger partial charge on any atom is -0.508 e. The van der Waals surface area contributed by atoms with Crippen LogP contribution in [-0.4, -0.2) is 38.7 Å². The van der Waals surface area contributed by atoms with Crippen LogP contribution in [0, 0.1) is 0 Å². The Morgan fingerprint density at radius 2 is 2.13 bits per heavy atom. The van der Waals surface area contributed by atoms with Gasteiger partial charge in [-0.2, -0.15) is 23.3 Å². The highest BCUT2D eigenvalue weighted by Gasteiger charge is 2.63. The standard InChI is InChI=1S/C15H17F3N2O3/c1-2-3-6-11-9-14(23,15(16,17)18)20(19-11)13(22)10-5-4-7-12(21)8-10/h4-5,7-8,21,23H,2-3,6,9H2,1H3. The number of hydrazone groups is 1. The smallest absolute Gasteiger partial charge is 0.438 e. The van der Waals surface area contributed by atoms with Crippen molar-refractivity contribution in [2.24, 2.45) is 5.10 Å². The highest BCUT2D eigenvalue weighted by Crippen LogP contribution is 2.41. The number of rotatable bonds is 4. The van der Waals surface area contributed by atoms with Crippen molar-refractivity contribution in [3.8, 4) is 5.75 Å². The first-order chi connectivity index (χ1) is 10.7. The first-order valence-corrected chi connectivity index (χ1v) is 7.18. The summed E-state index contributed by atoms with van der Waals surface area (Å²) in [6.45, 7) is 1.88. The molecule has 1 unspecified atom stereocenters. The van der Waals surface area contributed by atoms with Gasteiger partial charge in [-0.25, -0.2) is 0 Å². The normalized spacial score (nSPS) is 21.4. The van der Waals surface area contributed by atoms with Gasteiger partial charge in [-0.3, -0.25) is 4.79 Å². The number of hydrogen-bond donors (Lipinski definition) is 2. The van der Waals surface area contributed by atoms with E-state index in [0.717, 1.165) is 12.5 Å². The van der Waals surface area contributed by atoms with Gasteiger partial charge in [0, 0.05) is 17.7 Å². The van der Waals surface area contributed by atoms with Crippen LogP contribution in [0.2, 0.25) is 0 Å². The minimum absolute atomic E-state index is 0.0762. The molecule has 0 fully saturated rings. The lowest BCUT2D eigenvalue weighted by molar-refractivity contribution is -0.297. The number of hydrogen-bond acceptors (Lipinski definition) is 4. The van der Waals surface area contributed by atoms with Crippen LogP contribution in [0.3, 0.4) is 0 Å². The molecule has 1 aromatic rings. The highest BCUT2D eigenvalue weighted by molar-refractivity contribution is 5.98. The molecule has 1 heterocycles.